The van der Waals surface area contributed by atoms with E-state index in [9.17, 15) is 0 Å². The van der Waals surface area contributed by atoms with Gasteiger partial charge in [-0.25, -0.2) is 4.98 Å². The van der Waals surface area contributed by atoms with Crippen molar-refractivity contribution in [3.8, 4) is 61.8 Å². The Balaban J connectivity index is 1.11. The van der Waals surface area contributed by atoms with E-state index in [0.717, 1.165) is 72.8 Å². The van der Waals surface area contributed by atoms with Crippen molar-refractivity contribution < 1.29 is 0 Å². The molecule has 0 aliphatic heterocycles. The third-order valence-electron chi connectivity index (χ3n) is 14.0. The summed E-state index contributed by atoms with van der Waals surface area (Å²) in [5, 5.41) is 7.25. The highest BCUT2D eigenvalue weighted by molar-refractivity contribution is 6.17. The fourth-order valence-electron chi connectivity index (χ4n) is 10.9. The number of hydrogen-bond donors (Lipinski definition) is 0. The van der Waals surface area contributed by atoms with Crippen LogP contribution in [-0.4, -0.2) is 18.7 Å². The zero-order valence-corrected chi connectivity index (χ0v) is 37.5. The van der Waals surface area contributed by atoms with Crippen LogP contribution in [0.25, 0.3) is 127 Å². The van der Waals surface area contributed by atoms with Gasteiger partial charge in [-0.05, 0) is 95.1 Å². The summed E-state index contributed by atoms with van der Waals surface area (Å²) in [6, 6.07) is 92.5. The Morgan fingerprint density at radius 1 is 0.232 bits per heavy atom. The molecule has 0 fully saturated rings. The first-order valence-corrected chi connectivity index (χ1v) is 23.6. The number of rotatable bonds is 7. The average Bonchev–Trinajstić information content (AvgIpc) is 4.07. The third kappa shape index (κ3) is 6.27. The van der Waals surface area contributed by atoms with Crippen molar-refractivity contribution in [3.05, 3.63) is 255 Å². The van der Waals surface area contributed by atoms with Crippen LogP contribution in [0.3, 0.4) is 0 Å². The van der Waals surface area contributed by atoms with Gasteiger partial charge in [-0.1, -0.05) is 182 Å². The number of benzene rings is 10. The Morgan fingerprint density at radius 2 is 0.696 bits per heavy atom. The monoisotopic (exact) mass is 878 g/mol. The summed E-state index contributed by atoms with van der Waals surface area (Å²) in [5.74, 6) is 0. The lowest BCUT2D eigenvalue weighted by atomic mass is 10.00. The molecule has 0 aliphatic rings. The van der Waals surface area contributed by atoms with Crippen LogP contribution in [-0.2, 0) is 0 Å². The van der Waals surface area contributed by atoms with Gasteiger partial charge >= 0.3 is 0 Å². The van der Waals surface area contributed by atoms with E-state index in [1.807, 2.05) is 0 Å². The minimum atomic E-state index is 0.917. The van der Waals surface area contributed by atoms with Crippen LogP contribution in [0, 0.1) is 0 Å². The molecule has 0 saturated heterocycles. The van der Waals surface area contributed by atoms with Gasteiger partial charge in [0.1, 0.15) is 0 Å². The first-order chi connectivity index (χ1) is 34.2. The quantitative estimate of drug-likeness (QED) is 0.157. The Labute approximate surface area is 398 Å². The van der Waals surface area contributed by atoms with Crippen molar-refractivity contribution in [2.75, 3.05) is 0 Å². The van der Waals surface area contributed by atoms with Crippen molar-refractivity contribution in [3.63, 3.8) is 0 Å². The maximum absolute atomic E-state index is 5.39. The minimum absolute atomic E-state index is 0.917. The van der Waals surface area contributed by atoms with Gasteiger partial charge in [-0.2, -0.15) is 0 Å². The summed E-state index contributed by atoms with van der Waals surface area (Å²) >= 11 is 0. The fraction of sp³-hybridized carbons (Fsp3) is 0. The van der Waals surface area contributed by atoms with E-state index < -0.39 is 0 Å². The van der Waals surface area contributed by atoms with Gasteiger partial charge in [-0.3, -0.25) is 0 Å². The van der Waals surface area contributed by atoms with Crippen molar-refractivity contribution in [2.24, 2.45) is 0 Å². The smallest absolute Gasteiger partial charge is 0.0784 e. The summed E-state index contributed by atoms with van der Waals surface area (Å²) in [4.78, 5) is 5.39. The SMILES string of the molecule is c1ccc(-c2cc(-c3ccccc3)nc(-c3cccc(-n4c5ccc(-c6ccccc6)cc5c5cc(-n6c7ccccc7c7ccccc76)cc(-n6c7ccccc7c7ccccc76)c54)c3)c2)cc1. The lowest BCUT2D eigenvalue weighted by Crippen LogP contribution is -2.03. The lowest BCUT2D eigenvalue weighted by molar-refractivity contribution is 1.11. The summed E-state index contributed by atoms with van der Waals surface area (Å²) in [6.07, 6.45) is 0. The molecule has 69 heavy (non-hydrogen) atoms. The molecule has 0 atom stereocenters. The van der Waals surface area contributed by atoms with E-state index in [1.165, 1.54) is 54.5 Å². The van der Waals surface area contributed by atoms with Crippen LogP contribution in [0.4, 0.5) is 0 Å². The molecular formula is C65H42N4. The number of pyridine rings is 1. The fourth-order valence-corrected chi connectivity index (χ4v) is 10.9. The number of aromatic nitrogens is 4. The van der Waals surface area contributed by atoms with E-state index in [4.69, 9.17) is 4.98 Å². The molecule has 322 valence electrons. The van der Waals surface area contributed by atoms with E-state index in [-0.39, 0.29) is 0 Å². The topological polar surface area (TPSA) is 27.7 Å². The zero-order chi connectivity index (χ0) is 45.4. The highest BCUT2D eigenvalue weighted by Gasteiger charge is 2.24. The predicted molar refractivity (Wildman–Crippen MR) is 289 cm³/mol. The molecule has 4 heterocycles. The number of para-hydroxylation sites is 4. The van der Waals surface area contributed by atoms with E-state index in [2.05, 4.69) is 268 Å². The van der Waals surface area contributed by atoms with Crippen molar-refractivity contribution in [1.82, 2.24) is 18.7 Å². The molecule has 0 amide bonds. The molecule has 14 rings (SSSR count). The van der Waals surface area contributed by atoms with Gasteiger partial charge < -0.3 is 13.7 Å². The normalized spacial score (nSPS) is 11.8. The van der Waals surface area contributed by atoms with E-state index in [1.54, 1.807) is 0 Å². The molecule has 0 aliphatic carbocycles. The van der Waals surface area contributed by atoms with Gasteiger partial charge in [0.05, 0.1) is 50.2 Å². The molecule has 0 N–H and O–H groups in total. The Bertz CT molecular complexity index is 4130. The Kier molecular flexibility index (Phi) is 8.86. The second-order valence-corrected chi connectivity index (χ2v) is 17.9. The number of hydrogen-bond acceptors (Lipinski definition) is 1. The molecule has 4 aromatic heterocycles. The van der Waals surface area contributed by atoms with Crippen molar-refractivity contribution in [1.29, 1.82) is 0 Å². The second-order valence-electron chi connectivity index (χ2n) is 17.9. The largest absolute Gasteiger partial charge is 0.309 e. The molecule has 10 aromatic carbocycles. The van der Waals surface area contributed by atoms with Gasteiger partial charge in [-0.15, -0.1) is 0 Å². The van der Waals surface area contributed by atoms with E-state index in [0.29, 0.717) is 0 Å². The van der Waals surface area contributed by atoms with Crippen LogP contribution in [0.5, 0.6) is 0 Å². The van der Waals surface area contributed by atoms with Crippen LogP contribution in [0.15, 0.2) is 255 Å². The van der Waals surface area contributed by atoms with Crippen LogP contribution < -0.4 is 0 Å². The van der Waals surface area contributed by atoms with E-state index >= 15 is 0 Å². The standard InChI is InChI=1S/C65H42N4/c1-4-19-43(20-5-1)46-35-36-63-55(38-46)56-41-50(67-59-31-14-10-27-51(59)52-28-11-15-32-60(52)67)42-64(69-61-33-16-12-29-53(61)54-30-13-17-34-62(54)69)65(56)68(63)49-26-18-25-47(37-49)58-40-48(44-21-6-2-7-22-44)39-57(66-58)45-23-8-3-9-24-45/h1-42H. The van der Waals surface area contributed by atoms with Gasteiger partial charge in [0.25, 0.3) is 0 Å². The molecule has 4 nitrogen and oxygen atoms in total. The predicted octanol–water partition coefficient (Wildman–Crippen LogP) is 17.0. The average molecular weight is 879 g/mol. The summed E-state index contributed by atoms with van der Waals surface area (Å²) < 4.78 is 7.46. The molecule has 0 saturated carbocycles. The van der Waals surface area contributed by atoms with Gasteiger partial charge in [0.2, 0.25) is 0 Å². The highest BCUT2D eigenvalue weighted by atomic mass is 15.1. The summed E-state index contributed by atoms with van der Waals surface area (Å²) in [7, 11) is 0. The van der Waals surface area contributed by atoms with Gasteiger partial charge in [0, 0.05) is 54.8 Å². The first-order valence-electron chi connectivity index (χ1n) is 23.6. The molecule has 0 spiro atoms. The van der Waals surface area contributed by atoms with Crippen LogP contribution >= 0.6 is 0 Å². The summed E-state index contributed by atoms with van der Waals surface area (Å²) in [5.41, 5.74) is 18.8. The Morgan fingerprint density at radius 3 is 1.28 bits per heavy atom. The molecular weight excluding hydrogens is 837 g/mol. The molecule has 0 unspecified atom stereocenters. The van der Waals surface area contributed by atoms with Crippen molar-refractivity contribution in [2.45, 2.75) is 0 Å². The molecule has 0 radical (unpaired) electrons. The number of nitrogens with zero attached hydrogens (tertiary/aromatic N) is 4. The minimum Gasteiger partial charge on any atom is -0.309 e. The summed E-state index contributed by atoms with van der Waals surface area (Å²) in [6.45, 7) is 0. The van der Waals surface area contributed by atoms with Crippen LogP contribution in [0.2, 0.25) is 0 Å². The van der Waals surface area contributed by atoms with Crippen molar-refractivity contribution >= 4 is 65.4 Å². The first kappa shape index (κ1) is 39.0. The van der Waals surface area contributed by atoms with Crippen LogP contribution in [0.1, 0.15) is 0 Å². The molecule has 0 bridgehead atoms. The lowest BCUT2D eigenvalue weighted by Gasteiger charge is -2.18. The maximum Gasteiger partial charge on any atom is 0.0784 e. The Hall–Kier alpha value is -9.25. The second kappa shape index (κ2) is 15.7. The number of fused-ring (bicyclic) bond motifs is 9. The zero-order valence-electron chi connectivity index (χ0n) is 37.5. The van der Waals surface area contributed by atoms with Gasteiger partial charge in [0.15, 0.2) is 0 Å². The molecule has 4 heteroatoms. The highest BCUT2D eigenvalue weighted by Crippen LogP contribution is 2.44. The third-order valence-corrected chi connectivity index (χ3v) is 14.0. The maximum atomic E-state index is 5.39. The molecule has 14 aromatic rings.